The molecule has 0 fully saturated rings. The largest absolute Gasteiger partial charge is 0.493 e. The summed E-state index contributed by atoms with van der Waals surface area (Å²) in [7, 11) is 3.08. The number of carbonyl (C=O) groups excluding carboxylic acids is 1. The Bertz CT molecular complexity index is 691. The Morgan fingerprint density at radius 1 is 1.04 bits per heavy atom. The van der Waals surface area contributed by atoms with Crippen molar-refractivity contribution >= 4 is 23.3 Å². The molecule has 0 spiro atoms. The van der Waals surface area contributed by atoms with Gasteiger partial charge in [-0.25, -0.2) is 4.79 Å². The molecule has 0 aliphatic heterocycles. The van der Waals surface area contributed by atoms with Crippen molar-refractivity contribution in [3.05, 3.63) is 47.5 Å². The molecule has 7 heteroatoms. The highest BCUT2D eigenvalue weighted by Gasteiger charge is 2.10. The van der Waals surface area contributed by atoms with Gasteiger partial charge in [-0.3, -0.25) is 0 Å². The normalized spacial score (nSPS) is 11.3. The van der Waals surface area contributed by atoms with E-state index >= 15 is 0 Å². The molecule has 0 aliphatic rings. The van der Waals surface area contributed by atoms with E-state index in [4.69, 9.17) is 25.8 Å². The van der Waals surface area contributed by atoms with Gasteiger partial charge in [0.05, 0.1) is 14.2 Å². The van der Waals surface area contributed by atoms with E-state index < -0.39 is 12.3 Å². The van der Waals surface area contributed by atoms with Crippen LogP contribution in [-0.2, 0) is 0 Å². The molecule has 0 aromatic heterocycles. The molecule has 0 saturated carbocycles. The number of rotatable bonds is 6. The van der Waals surface area contributed by atoms with Crippen LogP contribution in [0.25, 0.3) is 0 Å². The number of amides is 2. The van der Waals surface area contributed by atoms with E-state index in [0.717, 1.165) is 0 Å². The van der Waals surface area contributed by atoms with Crippen LogP contribution in [0.2, 0.25) is 5.02 Å². The zero-order chi connectivity index (χ0) is 17.5. The van der Waals surface area contributed by atoms with Crippen LogP contribution in [-0.4, -0.2) is 26.5 Å². The summed E-state index contributed by atoms with van der Waals surface area (Å²) in [5.41, 5.74) is 0.573. The van der Waals surface area contributed by atoms with Gasteiger partial charge in [-0.15, -0.1) is 0 Å². The van der Waals surface area contributed by atoms with Gasteiger partial charge in [0.2, 0.25) is 0 Å². The lowest BCUT2D eigenvalue weighted by atomic mass is 10.3. The lowest BCUT2D eigenvalue weighted by Crippen LogP contribution is -2.39. The zero-order valence-electron chi connectivity index (χ0n) is 13.6. The molecule has 2 aromatic carbocycles. The van der Waals surface area contributed by atoms with Gasteiger partial charge < -0.3 is 24.8 Å². The molecule has 24 heavy (non-hydrogen) atoms. The minimum atomic E-state index is -0.522. The molecule has 0 radical (unpaired) electrons. The number of carbonyl (C=O) groups is 1. The first-order valence-electron chi connectivity index (χ1n) is 7.23. The van der Waals surface area contributed by atoms with E-state index in [2.05, 4.69) is 10.6 Å². The fourth-order valence-corrected chi connectivity index (χ4v) is 2.14. The monoisotopic (exact) mass is 350 g/mol. The molecule has 2 N–H and O–H groups in total. The Morgan fingerprint density at radius 2 is 1.71 bits per heavy atom. The maximum atomic E-state index is 12.0. The summed E-state index contributed by atoms with van der Waals surface area (Å²) in [6.07, 6.45) is -0.522. The predicted octanol–water partition coefficient (Wildman–Crippen LogP) is 3.90. The summed E-state index contributed by atoms with van der Waals surface area (Å²) in [5.74, 6) is 1.72. The van der Waals surface area contributed by atoms with Crippen LogP contribution in [0.3, 0.4) is 0 Å². The topological polar surface area (TPSA) is 68.8 Å². The van der Waals surface area contributed by atoms with Crippen LogP contribution >= 0.6 is 11.6 Å². The average molecular weight is 351 g/mol. The second-order valence-electron chi connectivity index (χ2n) is 4.88. The first kappa shape index (κ1) is 17.7. The summed E-state index contributed by atoms with van der Waals surface area (Å²) in [5, 5.41) is 6.01. The molecule has 2 rings (SSSR count). The average Bonchev–Trinajstić information content (AvgIpc) is 2.56. The van der Waals surface area contributed by atoms with Crippen molar-refractivity contribution in [2.75, 3.05) is 19.5 Å². The lowest BCUT2D eigenvalue weighted by molar-refractivity contribution is 0.183. The molecule has 2 amide bonds. The van der Waals surface area contributed by atoms with Crippen LogP contribution in [0.15, 0.2) is 42.5 Å². The van der Waals surface area contributed by atoms with E-state index in [1.54, 1.807) is 56.5 Å². The molecule has 128 valence electrons. The zero-order valence-corrected chi connectivity index (χ0v) is 14.4. The van der Waals surface area contributed by atoms with Crippen molar-refractivity contribution in [2.24, 2.45) is 0 Å². The molecular weight excluding hydrogens is 332 g/mol. The van der Waals surface area contributed by atoms with Crippen LogP contribution in [0.1, 0.15) is 6.92 Å². The Hall–Kier alpha value is -2.60. The highest BCUT2D eigenvalue weighted by atomic mass is 35.5. The number of benzene rings is 2. The second-order valence-corrected chi connectivity index (χ2v) is 5.32. The van der Waals surface area contributed by atoms with Crippen molar-refractivity contribution in [2.45, 2.75) is 13.2 Å². The molecule has 0 heterocycles. The number of nitrogens with one attached hydrogen (secondary N) is 2. The molecule has 0 bridgehead atoms. The fourth-order valence-electron chi connectivity index (χ4n) is 2.01. The minimum Gasteiger partial charge on any atom is -0.493 e. The Labute approximate surface area is 145 Å². The lowest BCUT2D eigenvalue weighted by Gasteiger charge is -2.17. The predicted molar refractivity (Wildman–Crippen MR) is 93.2 cm³/mol. The number of anilines is 1. The minimum absolute atomic E-state index is 0.399. The van der Waals surface area contributed by atoms with Crippen molar-refractivity contribution < 1.29 is 19.0 Å². The van der Waals surface area contributed by atoms with Gasteiger partial charge in [0.25, 0.3) is 0 Å². The van der Waals surface area contributed by atoms with Gasteiger partial charge in [-0.05, 0) is 43.3 Å². The third-order valence-electron chi connectivity index (χ3n) is 3.10. The summed E-state index contributed by atoms with van der Waals surface area (Å²) in [4.78, 5) is 12.0. The van der Waals surface area contributed by atoms with Crippen molar-refractivity contribution in [1.82, 2.24) is 5.32 Å². The summed E-state index contributed by atoms with van der Waals surface area (Å²) in [6.45, 7) is 1.72. The van der Waals surface area contributed by atoms with Gasteiger partial charge in [-0.1, -0.05) is 11.6 Å². The molecule has 0 aliphatic carbocycles. The molecule has 0 saturated heterocycles. The molecule has 1 atom stereocenters. The van der Waals surface area contributed by atoms with Gasteiger partial charge in [0.1, 0.15) is 5.75 Å². The van der Waals surface area contributed by atoms with Gasteiger partial charge in [-0.2, -0.15) is 0 Å². The number of urea groups is 1. The van der Waals surface area contributed by atoms with Crippen molar-refractivity contribution in [3.8, 4) is 17.2 Å². The maximum Gasteiger partial charge on any atom is 0.322 e. The van der Waals surface area contributed by atoms with E-state index in [-0.39, 0.29) is 0 Å². The quantitative estimate of drug-likeness (QED) is 0.775. The standard InChI is InChI=1S/C17H19ClN2O4/c1-11(24-14-7-4-12(18)5-8-14)19-17(21)20-13-6-9-15(22-2)16(10-13)23-3/h4-11H,1-3H3,(H2,19,20,21). The summed E-state index contributed by atoms with van der Waals surface area (Å²) >= 11 is 5.81. The molecular formula is C17H19ClN2O4. The van der Waals surface area contributed by atoms with E-state index in [1.807, 2.05) is 0 Å². The summed E-state index contributed by atoms with van der Waals surface area (Å²) < 4.78 is 15.9. The first-order valence-corrected chi connectivity index (χ1v) is 7.61. The van der Waals surface area contributed by atoms with Crippen molar-refractivity contribution in [1.29, 1.82) is 0 Å². The number of halogens is 1. The number of ether oxygens (including phenoxy) is 3. The van der Waals surface area contributed by atoms with Crippen LogP contribution in [0.5, 0.6) is 17.2 Å². The smallest absolute Gasteiger partial charge is 0.322 e. The SMILES string of the molecule is COc1ccc(NC(=O)NC(C)Oc2ccc(Cl)cc2)cc1OC. The maximum absolute atomic E-state index is 12.0. The van der Waals surface area contributed by atoms with Crippen LogP contribution in [0.4, 0.5) is 10.5 Å². The van der Waals surface area contributed by atoms with Gasteiger partial charge >= 0.3 is 6.03 Å². The first-order chi connectivity index (χ1) is 11.5. The Morgan fingerprint density at radius 3 is 2.33 bits per heavy atom. The number of hydrogen-bond acceptors (Lipinski definition) is 4. The van der Waals surface area contributed by atoms with Crippen LogP contribution < -0.4 is 24.8 Å². The third-order valence-corrected chi connectivity index (χ3v) is 3.35. The number of hydrogen-bond donors (Lipinski definition) is 2. The molecule has 2 aromatic rings. The number of methoxy groups -OCH3 is 2. The van der Waals surface area contributed by atoms with Crippen LogP contribution in [0, 0.1) is 0 Å². The Balaban J connectivity index is 1.91. The highest BCUT2D eigenvalue weighted by molar-refractivity contribution is 6.30. The van der Waals surface area contributed by atoms with Gasteiger partial charge in [0.15, 0.2) is 17.7 Å². The van der Waals surface area contributed by atoms with Gasteiger partial charge in [0, 0.05) is 16.8 Å². The van der Waals surface area contributed by atoms with E-state index in [9.17, 15) is 4.79 Å². The van der Waals surface area contributed by atoms with E-state index in [1.165, 1.54) is 7.11 Å². The molecule has 6 nitrogen and oxygen atoms in total. The third kappa shape index (κ3) is 4.96. The molecule has 1 unspecified atom stereocenters. The fraction of sp³-hybridized carbons (Fsp3) is 0.235. The summed E-state index contributed by atoms with van der Waals surface area (Å²) in [6, 6.07) is 11.6. The second kappa shape index (κ2) is 8.31. The van der Waals surface area contributed by atoms with Crippen molar-refractivity contribution in [3.63, 3.8) is 0 Å². The Kier molecular flexibility index (Phi) is 6.14. The highest BCUT2D eigenvalue weighted by Crippen LogP contribution is 2.29. The van der Waals surface area contributed by atoms with E-state index in [0.29, 0.717) is 28.0 Å².